The van der Waals surface area contributed by atoms with E-state index in [-0.39, 0.29) is 28.6 Å². The lowest BCUT2D eigenvalue weighted by Gasteiger charge is -2.17. The van der Waals surface area contributed by atoms with Crippen LogP contribution in [-0.2, 0) is 13.2 Å². The van der Waals surface area contributed by atoms with E-state index < -0.39 is 11.7 Å². The second-order valence-corrected chi connectivity index (χ2v) is 7.11. The first-order chi connectivity index (χ1) is 13.6. The third kappa shape index (κ3) is 3.52. The van der Waals surface area contributed by atoms with Crippen LogP contribution in [0.15, 0.2) is 29.1 Å². The van der Waals surface area contributed by atoms with Crippen LogP contribution >= 0.6 is 0 Å². The zero-order chi connectivity index (χ0) is 21.5. The maximum atomic E-state index is 13.7. The SMILES string of the molecule is CCC(CC)c1cc(C)n2nc(-c3ccc(OC)cc3C(F)(F)F)n(C)c(=O)c12. The van der Waals surface area contributed by atoms with Crippen LogP contribution in [0.2, 0.25) is 0 Å². The third-order valence-electron chi connectivity index (χ3n) is 5.40. The van der Waals surface area contributed by atoms with Crippen molar-refractivity contribution in [3.63, 3.8) is 0 Å². The summed E-state index contributed by atoms with van der Waals surface area (Å²) in [6.45, 7) is 5.90. The molecule has 0 fully saturated rings. The number of hydrogen-bond donors (Lipinski definition) is 0. The fourth-order valence-electron chi connectivity index (χ4n) is 3.77. The molecular formula is C21H24F3N3O2. The number of benzene rings is 1. The molecule has 3 aromatic rings. The van der Waals surface area contributed by atoms with E-state index in [2.05, 4.69) is 5.10 Å². The van der Waals surface area contributed by atoms with Crippen molar-refractivity contribution < 1.29 is 17.9 Å². The Kier molecular flexibility index (Phi) is 5.47. The van der Waals surface area contributed by atoms with Gasteiger partial charge in [-0.2, -0.15) is 13.2 Å². The van der Waals surface area contributed by atoms with Gasteiger partial charge < -0.3 is 4.74 Å². The first kappa shape index (κ1) is 21.0. The van der Waals surface area contributed by atoms with Crippen LogP contribution in [0.3, 0.4) is 0 Å². The number of alkyl halides is 3. The lowest BCUT2D eigenvalue weighted by molar-refractivity contribution is -0.137. The average Bonchev–Trinajstić information content (AvgIpc) is 3.01. The quantitative estimate of drug-likeness (QED) is 0.602. The average molecular weight is 407 g/mol. The molecule has 3 rings (SSSR count). The van der Waals surface area contributed by atoms with Crippen LogP contribution in [-0.4, -0.2) is 21.3 Å². The summed E-state index contributed by atoms with van der Waals surface area (Å²) in [6, 6.07) is 5.54. The lowest BCUT2D eigenvalue weighted by Crippen LogP contribution is -2.25. The summed E-state index contributed by atoms with van der Waals surface area (Å²) in [4.78, 5) is 13.2. The third-order valence-corrected chi connectivity index (χ3v) is 5.40. The molecule has 0 saturated heterocycles. The normalized spacial score (nSPS) is 12.2. The molecule has 0 amide bonds. The van der Waals surface area contributed by atoms with Crippen molar-refractivity contribution >= 4 is 5.52 Å². The summed E-state index contributed by atoms with van der Waals surface area (Å²) < 4.78 is 48.7. The van der Waals surface area contributed by atoms with Gasteiger partial charge in [0.1, 0.15) is 11.3 Å². The number of nitrogens with zero attached hydrogens (tertiary/aromatic N) is 3. The van der Waals surface area contributed by atoms with Crippen molar-refractivity contribution in [3.8, 4) is 17.1 Å². The van der Waals surface area contributed by atoms with Crippen molar-refractivity contribution in [1.29, 1.82) is 0 Å². The van der Waals surface area contributed by atoms with E-state index in [9.17, 15) is 18.0 Å². The molecule has 2 heterocycles. The summed E-state index contributed by atoms with van der Waals surface area (Å²) in [5, 5.41) is 4.45. The maximum absolute atomic E-state index is 13.7. The first-order valence-corrected chi connectivity index (χ1v) is 9.48. The number of ether oxygens (including phenoxy) is 1. The van der Waals surface area contributed by atoms with E-state index in [0.717, 1.165) is 24.5 Å². The fourth-order valence-corrected chi connectivity index (χ4v) is 3.77. The molecule has 0 atom stereocenters. The Morgan fingerprint density at radius 1 is 1.17 bits per heavy atom. The van der Waals surface area contributed by atoms with Gasteiger partial charge in [0, 0.05) is 18.3 Å². The number of fused-ring (bicyclic) bond motifs is 1. The van der Waals surface area contributed by atoms with Gasteiger partial charge in [-0.25, -0.2) is 4.52 Å². The number of methoxy groups -OCH3 is 1. The van der Waals surface area contributed by atoms with Crippen LogP contribution in [0.1, 0.15) is 49.4 Å². The minimum Gasteiger partial charge on any atom is -0.497 e. The predicted octanol–water partition coefficient (Wildman–Crippen LogP) is 4.94. The second-order valence-electron chi connectivity index (χ2n) is 7.11. The van der Waals surface area contributed by atoms with E-state index in [1.807, 2.05) is 19.9 Å². The number of halogens is 3. The number of aromatic nitrogens is 3. The summed E-state index contributed by atoms with van der Waals surface area (Å²) in [5.41, 5.74) is 0.583. The molecular weight excluding hydrogens is 383 g/mol. The monoisotopic (exact) mass is 407 g/mol. The van der Waals surface area contributed by atoms with Crippen LogP contribution in [0.25, 0.3) is 16.9 Å². The highest BCUT2D eigenvalue weighted by Gasteiger charge is 2.35. The van der Waals surface area contributed by atoms with E-state index in [1.54, 1.807) is 6.92 Å². The summed E-state index contributed by atoms with van der Waals surface area (Å²) in [5.74, 6) is 0.221. The molecule has 2 aromatic heterocycles. The molecule has 0 radical (unpaired) electrons. The Labute approximate surface area is 166 Å². The lowest BCUT2D eigenvalue weighted by atomic mass is 9.95. The molecule has 0 aliphatic rings. The smallest absolute Gasteiger partial charge is 0.417 e. The number of aryl methyl sites for hydroxylation is 1. The molecule has 8 heteroatoms. The molecule has 1 aromatic carbocycles. The minimum absolute atomic E-state index is 0.0488. The Morgan fingerprint density at radius 3 is 2.38 bits per heavy atom. The fraction of sp³-hybridized carbons (Fsp3) is 0.429. The summed E-state index contributed by atoms with van der Waals surface area (Å²) in [7, 11) is 2.76. The number of rotatable bonds is 5. The van der Waals surface area contributed by atoms with E-state index in [0.29, 0.717) is 11.2 Å². The molecule has 0 unspecified atom stereocenters. The molecule has 0 N–H and O–H groups in total. The second kappa shape index (κ2) is 7.57. The van der Waals surface area contributed by atoms with Gasteiger partial charge in [-0.1, -0.05) is 13.8 Å². The van der Waals surface area contributed by atoms with E-state index >= 15 is 0 Å². The van der Waals surface area contributed by atoms with Crippen LogP contribution in [0, 0.1) is 6.92 Å². The minimum atomic E-state index is -4.62. The standard InChI is InChI=1S/C21H24F3N3O2/c1-6-13(7-2)16-10-12(3)27-18(16)20(28)26(4)19(25-27)15-9-8-14(29-5)11-17(15)21(22,23)24/h8-11,13H,6-7H2,1-5H3. The Morgan fingerprint density at radius 2 is 1.83 bits per heavy atom. The van der Waals surface area contributed by atoms with Crippen molar-refractivity contribution in [2.24, 2.45) is 7.05 Å². The Balaban J connectivity index is 2.36. The van der Waals surface area contributed by atoms with Crippen LogP contribution < -0.4 is 10.3 Å². The van der Waals surface area contributed by atoms with Gasteiger partial charge in [0.15, 0.2) is 5.82 Å². The highest BCUT2D eigenvalue weighted by molar-refractivity contribution is 5.65. The van der Waals surface area contributed by atoms with Crippen LogP contribution in [0.4, 0.5) is 13.2 Å². The van der Waals surface area contributed by atoms with Crippen molar-refractivity contribution in [2.75, 3.05) is 7.11 Å². The molecule has 0 spiro atoms. The zero-order valence-corrected chi connectivity index (χ0v) is 17.1. The van der Waals surface area contributed by atoms with Crippen molar-refractivity contribution in [3.05, 3.63) is 51.4 Å². The summed E-state index contributed by atoms with van der Waals surface area (Å²) >= 11 is 0. The summed E-state index contributed by atoms with van der Waals surface area (Å²) in [6.07, 6.45) is -2.91. The largest absolute Gasteiger partial charge is 0.497 e. The molecule has 0 aliphatic carbocycles. The molecule has 156 valence electrons. The van der Waals surface area contributed by atoms with Gasteiger partial charge in [-0.15, -0.1) is 5.10 Å². The van der Waals surface area contributed by atoms with Gasteiger partial charge in [-0.3, -0.25) is 9.36 Å². The van der Waals surface area contributed by atoms with E-state index in [1.165, 1.54) is 35.4 Å². The molecule has 29 heavy (non-hydrogen) atoms. The molecule has 0 aliphatic heterocycles. The predicted molar refractivity (Wildman–Crippen MR) is 105 cm³/mol. The molecule has 0 bridgehead atoms. The van der Waals surface area contributed by atoms with Gasteiger partial charge in [0.2, 0.25) is 0 Å². The van der Waals surface area contributed by atoms with Gasteiger partial charge in [0.05, 0.1) is 12.7 Å². The highest BCUT2D eigenvalue weighted by Crippen LogP contribution is 2.38. The van der Waals surface area contributed by atoms with Crippen molar-refractivity contribution in [2.45, 2.75) is 45.7 Å². The van der Waals surface area contributed by atoms with Crippen LogP contribution in [0.5, 0.6) is 5.75 Å². The maximum Gasteiger partial charge on any atom is 0.417 e. The van der Waals surface area contributed by atoms with Crippen molar-refractivity contribution in [1.82, 2.24) is 14.2 Å². The number of hydrogen-bond acceptors (Lipinski definition) is 3. The van der Waals surface area contributed by atoms with E-state index in [4.69, 9.17) is 4.74 Å². The van der Waals surface area contributed by atoms with Gasteiger partial charge in [0.25, 0.3) is 5.56 Å². The Bertz CT molecular complexity index is 1110. The topological polar surface area (TPSA) is 48.5 Å². The Hall–Kier alpha value is -2.77. The molecule has 5 nitrogen and oxygen atoms in total. The highest BCUT2D eigenvalue weighted by atomic mass is 19.4. The first-order valence-electron chi connectivity index (χ1n) is 9.48. The molecule has 0 saturated carbocycles. The zero-order valence-electron chi connectivity index (χ0n) is 17.1. The van der Waals surface area contributed by atoms with Gasteiger partial charge >= 0.3 is 6.18 Å². The van der Waals surface area contributed by atoms with Gasteiger partial charge in [-0.05, 0) is 55.5 Å².